The maximum absolute atomic E-state index is 12.5. The molecule has 1 atom stereocenters. The first kappa shape index (κ1) is 18.8. The van der Waals surface area contributed by atoms with Crippen LogP contribution < -0.4 is 0 Å². The number of amides is 1. The molecule has 1 saturated heterocycles. The van der Waals surface area contributed by atoms with Crippen LogP contribution in [-0.2, 0) is 11.3 Å². The van der Waals surface area contributed by atoms with Crippen molar-refractivity contribution in [2.45, 2.75) is 51.4 Å². The molecule has 1 amide bonds. The van der Waals surface area contributed by atoms with Crippen molar-refractivity contribution < 1.29 is 18.0 Å². The first-order valence-corrected chi connectivity index (χ1v) is 8.51. The summed E-state index contributed by atoms with van der Waals surface area (Å²) in [6, 6.07) is 9.86. The maximum Gasteiger partial charge on any atom is 0.389 e. The molecule has 1 fully saturated rings. The molecule has 0 aromatic heterocycles. The Morgan fingerprint density at radius 2 is 1.92 bits per heavy atom. The second kappa shape index (κ2) is 8.51. The first-order valence-electron chi connectivity index (χ1n) is 8.51. The lowest BCUT2D eigenvalue weighted by molar-refractivity contribution is -0.136. The average Bonchev–Trinajstić information content (AvgIpc) is 2.68. The summed E-state index contributed by atoms with van der Waals surface area (Å²) in [4.78, 5) is 16.4. The topological polar surface area (TPSA) is 23.6 Å². The van der Waals surface area contributed by atoms with Crippen LogP contribution in [-0.4, -0.2) is 47.6 Å². The number of halogens is 3. The van der Waals surface area contributed by atoms with Gasteiger partial charge in [-0.05, 0) is 24.9 Å². The fraction of sp³-hybridized carbons (Fsp3) is 0.611. The van der Waals surface area contributed by atoms with Gasteiger partial charge in [0.1, 0.15) is 0 Å². The summed E-state index contributed by atoms with van der Waals surface area (Å²) in [5.74, 6) is 0.0871. The Hall–Kier alpha value is -1.56. The SMILES string of the molecule is CC[C@H]1CN(CCCC(F)(F)F)CCC(=O)N1Cc1ccccc1. The first-order chi connectivity index (χ1) is 11.4. The van der Waals surface area contributed by atoms with Gasteiger partial charge in [-0.25, -0.2) is 0 Å². The van der Waals surface area contributed by atoms with Gasteiger partial charge in [-0.2, -0.15) is 13.2 Å². The second-order valence-corrected chi connectivity index (χ2v) is 6.34. The van der Waals surface area contributed by atoms with Crippen LogP contribution in [0.2, 0.25) is 0 Å². The van der Waals surface area contributed by atoms with Gasteiger partial charge in [0.15, 0.2) is 0 Å². The van der Waals surface area contributed by atoms with E-state index in [0.29, 0.717) is 32.6 Å². The number of hydrogen-bond donors (Lipinski definition) is 0. The van der Waals surface area contributed by atoms with Crippen LogP contribution in [0.25, 0.3) is 0 Å². The number of benzene rings is 1. The van der Waals surface area contributed by atoms with Gasteiger partial charge < -0.3 is 9.80 Å². The summed E-state index contributed by atoms with van der Waals surface area (Å²) in [6.45, 7) is 4.16. The highest BCUT2D eigenvalue weighted by atomic mass is 19.4. The van der Waals surface area contributed by atoms with E-state index in [2.05, 4.69) is 0 Å². The highest BCUT2D eigenvalue weighted by molar-refractivity contribution is 5.77. The summed E-state index contributed by atoms with van der Waals surface area (Å²) in [6.07, 6.45) is -3.61. The Morgan fingerprint density at radius 1 is 1.21 bits per heavy atom. The fourth-order valence-electron chi connectivity index (χ4n) is 3.14. The molecule has 0 N–H and O–H groups in total. The van der Waals surface area contributed by atoms with Crippen LogP contribution in [0.5, 0.6) is 0 Å². The molecule has 1 aliphatic heterocycles. The smallest absolute Gasteiger partial charge is 0.334 e. The largest absolute Gasteiger partial charge is 0.389 e. The Morgan fingerprint density at radius 3 is 2.54 bits per heavy atom. The highest BCUT2D eigenvalue weighted by Crippen LogP contribution is 2.23. The van der Waals surface area contributed by atoms with Gasteiger partial charge in [0.2, 0.25) is 5.91 Å². The van der Waals surface area contributed by atoms with Crippen molar-refractivity contribution in [1.82, 2.24) is 9.80 Å². The predicted octanol–water partition coefficient (Wildman–Crippen LogP) is 3.84. The van der Waals surface area contributed by atoms with E-state index in [4.69, 9.17) is 0 Å². The minimum atomic E-state index is -4.11. The van der Waals surface area contributed by atoms with Gasteiger partial charge in [0.25, 0.3) is 0 Å². The molecule has 0 spiro atoms. The van der Waals surface area contributed by atoms with Crippen molar-refractivity contribution in [3.63, 3.8) is 0 Å². The third-order valence-electron chi connectivity index (χ3n) is 4.47. The maximum atomic E-state index is 12.5. The van der Waals surface area contributed by atoms with Gasteiger partial charge >= 0.3 is 6.18 Å². The number of carbonyl (C=O) groups excluding carboxylic acids is 1. The number of nitrogens with zero attached hydrogens (tertiary/aromatic N) is 2. The van der Waals surface area contributed by atoms with Crippen LogP contribution >= 0.6 is 0 Å². The van der Waals surface area contributed by atoms with Gasteiger partial charge in [0, 0.05) is 38.5 Å². The lowest BCUT2D eigenvalue weighted by Crippen LogP contribution is -2.42. The predicted molar refractivity (Wildman–Crippen MR) is 87.4 cm³/mol. The van der Waals surface area contributed by atoms with Crippen molar-refractivity contribution in [1.29, 1.82) is 0 Å². The molecule has 1 heterocycles. The average molecular weight is 342 g/mol. The van der Waals surface area contributed by atoms with Crippen molar-refractivity contribution in [2.24, 2.45) is 0 Å². The van der Waals surface area contributed by atoms with Gasteiger partial charge in [-0.15, -0.1) is 0 Å². The zero-order valence-electron chi connectivity index (χ0n) is 14.1. The van der Waals surface area contributed by atoms with E-state index < -0.39 is 12.6 Å². The fourth-order valence-corrected chi connectivity index (χ4v) is 3.14. The minimum absolute atomic E-state index is 0.0473. The third kappa shape index (κ3) is 5.82. The Bertz CT molecular complexity index is 519. The van der Waals surface area contributed by atoms with Gasteiger partial charge in [-0.3, -0.25) is 4.79 Å². The van der Waals surface area contributed by atoms with Crippen LogP contribution in [0.4, 0.5) is 13.2 Å². The molecule has 1 aromatic rings. The molecule has 0 saturated carbocycles. The normalized spacial score (nSPS) is 20.2. The standard InChI is InChI=1S/C18H25F3N2O/c1-2-16-14-22(11-6-10-18(19,20)21)12-9-17(24)23(16)13-15-7-4-3-5-8-15/h3-5,7-8,16H,2,6,9-14H2,1H3/t16-/m0/s1. The summed E-state index contributed by atoms with van der Waals surface area (Å²) < 4.78 is 37.0. The van der Waals surface area contributed by atoms with Crippen LogP contribution in [0.15, 0.2) is 30.3 Å². The summed E-state index contributed by atoms with van der Waals surface area (Å²) in [5, 5.41) is 0. The lowest BCUT2D eigenvalue weighted by Gasteiger charge is -2.31. The molecule has 134 valence electrons. The van der Waals surface area contributed by atoms with Crippen molar-refractivity contribution >= 4 is 5.91 Å². The Kier molecular flexibility index (Phi) is 6.66. The summed E-state index contributed by atoms with van der Waals surface area (Å²) in [5.41, 5.74) is 1.08. The molecule has 6 heteroatoms. The van der Waals surface area contributed by atoms with E-state index in [-0.39, 0.29) is 18.4 Å². The molecule has 2 rings (SSSR count). The molecular weight excluding hydrogens is 317 g/mol. The lowest BCUT2D eigenvalue weighted by atomic mass is 10.1. The van der Waals surface area contributed by atoms with E-state index in [1.54, 1.807) is 0 Å². The third-order valence-corrected chi connectivity index (χ3v) is 4.47. The van der Waals surface area contributed by atoms with Gasteiger partial charge in [-0.1, -0.05) is 37.3 Å². The van der Waals surface area contributed by atoms with Crippen molar-refractivity contribution in [2.75, 3.05) is 19.6 Å². The van der Waals surface area contributed by atoms with Crippen LogP contribution in [0.1, 0.15) is 38.2 Å². The number of rotatable bonds is 6. The Labute approximate surface area is 141 Å². The molecule has 1 aromatic carbocycles. The number of carbonyl (C=O) groups is 1. The monoisotopic (exact) mass is 342 g/mol. The Balaban J connectivity index is 1.97. The highest BCUT2D eigenvalue weighted by Gasteiger charge is 2.30. The molecule has 24 heavy (non-hydrogen) atoms. The molecule has 0 bridgehead atoms. The number of hydrogen-bond acceptors (Lipinski definition) is 2. The van der Waals surface area contributed by atoms with E-state index in [1.807, 2.05) is 47.1 Å². The summed E-state index contributed by atoms with van der Waals surface area (Å²) >= 11 is 0. The van der Waals surface area contributed by atoms with E-state index in [0.717, 1.165) is 12.0 Å². The summed E-state index contributed by atoms with van der Waals surface area (Å²) in [7, 11) is 0. The van der Waals surface area contributed by atoms with E-state index >= 15 is 0 Å². The van der Waals surface area contributed by atoms with Crippen molar-refractivity contribution in [3.05, 3.63) is 35.9 Å². The van der Waals surface area contributed by atoms with Crippen LogP contribution in [0.3, 0.4) is 0 Å². The number of alkyl halides is 3. The minimum Gasteiger partial charge on any atom is -0.334 e. The van der Waals surface area contributed by atoms with E-state index in [1.165, 1.54) is 0 Å². The molecule has 0 aliphatic carbocycles. The zero-order chi connectivity index (χ0) is 17.6. The quantitative estimate of drug-likeness (QED) is 0.784. The molecule has 1 aliphatic rings. The van der Waals surface area contributed by atoms with Gasteiger partial charge in [0.05, 0.1) is 0 Å². The molecule has 0 radical (unpaired) electrons. The zero-order valence-corrected chi connectivity index (χ0v) is 14.1. The second-order valence-electron chi connectivity index (χ2n) is 6.34. The molecule has 0 unspecified atom stereocenters. The van der Waals surface area contributed by atoms with Crippen molar-refractivity contribution in [3.8, 4) is 0 Å². The molecular formula is C18H25F3N2O. The molecule has 3 nitrogen and oxygen atoms in total. The van der Waals surface area contributed by atoms with Crippen LogP contribution in [0, 0.1) is 0 Å². The van der Waals surface area contributed by atoms with E-state index in [9.17, 15) is 18.0 Å².